The molecule has 152 valence electrons. The summed E-state index contributed by atoms with van der Waals surface area (Å²) in [6.45, 7) is 5.30. The average Bonchev–Trinajstić information content (AvgIpc) is 2.79. The monoisotopic (exact) mass is 396 g/mol. The van der Waals surface area contributed by atoms with Gasteiger partial charge in [-0.3, -0.25) is 0 Å². The first-order chi connectivity index (χ1) is 14.2. The summed E-state index contributed by atoms with van der Waals surface area (Å²) >= 11 is 0. The van der Waals surface area contributed by atoms with Crippen molar-refractivity contribution < 1.29 is 9.13 Å². The van der Waals surface area contributed by atoms with Crippen LogP contribution >= 0.6 is 0 Å². The van der Waals surface area contributed by atoms with Crippen LogP contribution in [0.1, 0.15) is 24.0 Å². The van der Waals surface area contributed by atoms with Crippen molar-refractivity contribution in [2.75, 3.05) is 49.2 Å². The number of benzene rings is 1. The van der Waals surface area contributed by atoms with Gasteiger partial charge in [-0.05, 0) is 31.0 Å². The van der Waals surface area contributed by atoms with E-state index in [1.54, 1.807) is 12.1 Å². The van der Waals surface area contributed by atoms with Gasteiger partial charge in [0.25, 0.3) is 0 Å². The SMILES string of the molecule is N#Cc1ccc(N2CCCC(NCc3cnc(N4CCOCC4)nc3)C2)c(F)c1. The van der Waals surface area contributed by atoms with Crippen molar-refractivity contribution in [3.8, 4) is 6.07 Å². The lowest BCUT2D eigenvalue weighted by Crippen LogP contribution is -2.45. The van der Waals surface area contributed by atoms with Crippen LogP contribution in [-0.4, -0.2) is 55.4 Å². The second-order valence-corrected chi connectivity index (χ2v) is 7.43. The summed E-state index contributed by atoms with van der Waals surface area (Å²) in [5, 5.41) is 12.5. The lowest BCUT2D eigenvalue weighted by molar-refractivity contribution is 0.122. The Morgan fingerprint density at radius 1 is 1.17 bits per heavy atom. The van der Waals surface area contributed by atoms with Gasteiger partial charge in [-0.1, -0.05) is 0 Å². The van der Waals surface area contributed by atoms with Crippen LogP contribution in [0.4, 0.5) is 16.0 Å². The van der Waals surface area contributed by atoms with E-state index in [1.807, 2.05) is 18.5 Å². The van der Waals surface area contributed by atoms with E-state index in [1.165, 1.54) is 6.07 Å². The Morgan fingerprint density at radius 2 is 1.97 bits per heavy atom. The van der Waals surface area contributed by atoms with E-state index in [0.717, 1.165) is 50.5 Å². The number of nitrogens with one attached hydrogen (secondary N) is 1. The summed E-state index contributed by atoms with van der Waals surface area (Å²) in [5.74, 6) is 0.411. The topological polar surface area (TPSA) is 77.3 Å². The highest BCUT2D eigenvalue weighted by Gasteiger charge is 2.22. The van der Waals surface area contributed by atoms with E-state index in [2.05, 4.69) is 25.1 Å². The Morgan fingerprint density at radius 3 is 2.69 bits per heavy atom. The van der Waals surface area contributed by atoms with Crippen LogP contribution in [-0.2, 0) is 11.3 Å². The molecule has 2 saturated heterocycles. The molecule has 1 aromatic heterocycles. The Labute approximate surface area is 170 Å². The van der Waals surface area contributed by atoms with Crippen molar-refractivity contribution in [2.24, 2.45) is 0 Å². The van der Waals surface area contributed by atoms with Crippen LogP contribution in [0.2, 0.25) is 0 Å². The van der Waals surface area contributed by atoms with E-state index >= 15 is 0 Å². The molecule has 0 aliphatic carbocycles. The minimum atomic E-state index is -0.336. The predicted molar refractivity (Wildman–Crippen MR) is 108 cm³/mol. The predicted octanol–water partition coefficient (Wildman–Crippen LogP) is 2.08. The first kappa shape index (κ1) is 19.6. The molecule has 1 unspecified atom stereocenters. The van der Waals surface area contributed by atoms with Gasteiger partial charge in [0.1, 0.15) is 5.82 Å². The minimum Gasteiger partial charge on any atom is -0.378 e. The molecule has 1 aromatic carbocycles. The third-order valence-corrected chi connectivity index (χ3v) is 5.42. The Balaban J connectivity index is 1.32. The zero-order chi connectivity index (χ0) is 20.1. The van der Waals surface area contributed by atoms with Crippen molar-refractivity contribution in [2.45, 2.75) is 25.4 Å². The molecule has 29 heavy (non-hydrogen) atoms. The van der Waals surface area contributed by atoms with Gasteiger partial charge in [-0.15, -0.1) is 0 Å². The molecule has 2 aliphatic rings. The van der Waals surface area contributed by atoms with E-state index in [-0.39, 0.29) is 11.9 Å². The van der Waals surface area contributed by atoms with Crippen molar-refractivity contribution in [1.82, 2.24) is 15.3 Å². The molecule has 2 aromatic rings. The Kier molecular flexibility index (Phi) is 6.17. The van der Waals surface area contributed by atoms with E-state index < -0.39 is 0 Å². The Hall–Kier alpha value is -2.76. The number of ether oxygens (including phenoxy) is 1. The van der Waals surface area contributed by atoms with Crippen molar-refractivity contribution >= 4 is 11.6 Å². The summed E-state index contributed by atoms with van der Waals surface area (Å²) < 4.78 is 19.7. The van der Waals surface area contributed by atoms with Crippen LogP contribution in [0, 0.1) is 17.1 Å². The fraction of sp³-hybridized carbons (Fsp3) is 0.476. The largest absolute Gasteiger partial charge is 0.378 e. The molecule has 1 N–H and O–H groups in total. The second-order valence-electron chi connectivity index (χ2n) is 7.43. The number of nitrogens with zero attached hydrogens (tertiary/aromatic N) is 5. The fourth-order valence-electron chi connectivity index (χ4n) is 3.82. The van der Waals surface area contributed by atoms with Gasteiger partial charge in [0.15, 0.2) is 0 Å². The van der Waals surface area contributed by atoms with E-state index in [4.69, 9.17) is 10.00 Å². The zero-order valence-corrected chi connectivity index (χ0v) is 16.4. The number of rotatable bonds is 5. The quantitative estimate of drug-likeness (QED) is 0.829. The number of hydrogen-bond acceptors (Lipinski definition) is 7. The summed E-state index contributed by atoms with van der Waals surface area (Å²) in [7, 11) is 0. The zero-order valence-electron chi connectivity index (χ0n) is 16.4. The normalized spacial score (nSPS) is 19.8. The fourth-order valence-corrected chi connectivity index (χ4v) is 3.82. The van der Waals surface area contributed by atoms with Gasteiger partial charge in [-0.2, -0.15) is 5.26 Å². The summed E-state index contributed by atoms with van der Waals surface area (Å²) in [6, 6.07) is 6.92. The lowest BCUT2D eigenvalue weighted by Gasteiger charge is -2.35. The van der Waals surface area contributed by atoms with Gasteiger partial charge >= 0.3 is 0 Å². The maximum atomic E-state index is 14.3. The molecule has 0 bridgehead atoms. The molecular formula is C21H25FN6O. The molecule has 0 spiro atoms. The molecular weight excluding hydrogens is 371 g/mol. The van der Waals surface area contributed by atoms with Gasteiger partial charge in [-0.25, -0.2) is 14.4 Å². The molecule has 0 amide bonds. The second kappa shape index (κ2) is 9.16. The van der Waals surface area contributed by atoms with E-state index in [0.29, 0.717) is 31.0 Å². The van der Waals surface area contributed by atoms with Crippen LogP contribution < -0.4 is 15.1 Å². The number of nitriles is 1. The van der Waals surface area contributed by atoms with Crippen molar-refractivity contribution in [1.29, 1.82) is 5.26 Å². The third kappa shape index (κ3) is 4.81. The van der Waals surface area contributed by atoms with Crippen molar-refractivity contribution in [3.63, 3.8) is 0 Å². The third-order valence-electron chi connectivity index (χ3n) is 5.42. The number of morpholine rings is 1. The molecule has 3 heterocycles. The molecule has 0 saturated carbocycles. The average molecular weight is 396 g/mol. The van der Waals surface area contributed by atoms with Crippen LogP contribution in [0.25, 0.3) is 0 Å². The minimum absolute atomic E-state index is 0.262. The van der Waals surface area contributed by atoms with Gasteiger partial charge in [0.2, 0.25) is 5.95 Å². The molecule has 0 radical (unpaired) electrons. The molecule has 2 fully saturated rings. The number of halogens is 1. The smallest absolute Gasteiger partial charge is 0.225 e. The summed E-state index contributed by atoms with van der Waals surface area (Å²) in [5.41, 5.74) is 1.94. The standard InChI is InChI=1S/C21H25FN6O/c22-19-10-16(11-23)3-4-20(19)28-5-1-2-18(15-28)24-12-17-13-25-21(26-14-17)27-6-8-29-9-7-27/h3-4,10,13-14,18,24H,1-2,5-9,12,15H2. The highest BCUT2D eigenvalue weighted by atomic mass is 19.1. The number of anilines is 2. The first-order valence-electron chi connectivity index (χ1n) is 10.0. The van der Waals surface area contributed by atoms with Crippen molar-refractivity contribution in [3.05, 3.63) is 47.5 Å². The van der Waals surface area contributed by atoms with E-state index in [9.17, 15) is 4.39 Å². The number of piperidine rings is 1. The highest BCUT2D eigenvalue weighted by molar-refractivity contribution is 5.51. The van der Waals surface area contributed by atoms with Crippen LogP contribution in [0.5, 0.6) is 0 Å². The molecule has 4 rings (SSSR count). The maximum Gasteiger partial charge on any atom is 0.225 e. The summed E-state index contributed by atoms with van der Waals surface area (Å²) in [4.78, 5) is 13.2. The maximum absolute atomic E-state index is 14.3. The highest BCUT2D eigenvalue weighted by Crippen LogP contribution is 2.24. The van der Waals surface area contributed by atoms with Gasteiger partial charge in [0, 0.05) is 56.7 Å². The molecule has 1 atom stereocenters. The van der Waals surface area contributed by atoms with Gasteiger partial charge < -0.3 is 19.9 Å². The summed E-state index contributed by atoms with van der Waals surface area (Å²) in [6.07, 6.45) is 5.77. The number of aromatic nitrogens is 2. The first-order valence-corrected chi connectivity index (χ1v) is 10.0. The Bertz CT molecular complexity index is 862. The van der Waals surface area contributed by atoms with Crippen LogP contribution in [0.15, 0.2) is 30.6 Å². The molecule has 2 aliphatic heterocycles. The number of hydrogen-bond donors (Lipinski definition) is 1. The van der Waals surface area contributed by atoms with Gasteiger partial charge in [0.05, 0.1) is 30.5 Å². The molecule has 8 heteroatoms. The lowest BCUT2D eigenvalue weighted by atomic mass is 10.0. The molecule has 7 nitrogen and oxygen atoms in total. The van der Waals surface area contributed by atoms with Crippen LogP contribution in [0.3, 0.4) is 0 Å².